The molecule has 3 rings (SSSR count). The first-order valence-corrected chi connectivity index (χ1v) is 7.01. The molecule has 1 heteroatoms. The average molecular weight is 227 g/mol. The zero-order chi connectivity index (χ0) is 11.7. The topological polar surface area (TPSA) is 4.93 Å². The van der Waals surface area contributed by atoms with Crippen LogP contribution in [-0.2, 0) is 19.4 Å². The van der Waals surface area contributed by atoms with Crippen LogP contribution < -0.4 is 0 Å². The van der Waals surface area contributed by atoms with Crippen LogP contribution in [-0.4, -0.2) is 4.57 Å². The van der Waals surface area contributed by atoms with E-state index in [0.717, 1.165) is 6.54 Å². The van der Waals surface area contributed by atoms with E-state index in [2.05, 4.69) is 35.8 Å². The van der Waals surface area contributed by atoms with Crippen LogP contribution in [0.1, 0.15) is 43.9 Å². The third kappa shape index (κ3) is 1.78. The molecule has 90 valence electrons. The summed E-state index contributed by atoms with van der Waals surface area (Å²) < 4.78 is 2.54. The zero-order valence-electron chi connectivity index (χ0n) is 10.7. The van der Waals surface area contributed by atoms with Gasteiger partial charge in [-0.3, -0.25) is 0 Å². The lowest BCUT2D eigenvalue weighted by Gasteiger charge is -2.13. The van der Waals surface area contributed by atoms with Gasteiger partial charge in [-0.2, -0.15) is 0 Å². The van der Waals surface area contributed by atoms with Crippen LogP contribution in [0.2, 0.25) is 0 Å². The molecule has 1 heterocycles. The van der Waals surface area contributed by atoms with Crippen LogP contribution in [0.15, 0.2) is 24.3 Å². The van der Waals surface area contributed by atoms with Crippen LogP contribution in [0.5, 0.6) is 0 Å². The van der Waals surface area contributed by atoms with Gasteiger partial charge in [0.1, 0.15) is 0 Å². The van der Waals surface area contributed by atoms with Crippen molar-refractivity contribution in [1.82, 2.24) is 4.57 Å². The number of hydrogen-bond acceptors (Lipinski definition) is 0. The number of rotatable bonds is 1. The van der Waals surface area contributed by atoms with Gasteiger partial charge in [0.15, 0.2) is 0 Å². The Kier molecular flexibility index (Phi) is 2.92. The van der Waals surface area contributed by atoms with Gasteiger partial charge < -0.3 is 4.57 Å². The van der Waals surface area contributed by atoms with Crippen LogP contribution >= 0.6 is 0 Å². The SMILES string of the molecule is CCn1c2c(c3ccccc31)CCCCCC2. The molecule has 0 atom stereocenters. The minimum Gasteiger partial charge on any atom is -0.345 e. The summed E-state index contributed by atoms with van der Waals surface area (Å²) >= 11 is 0. The molecule has 0 bridgehead atoms. The van der Waals surface area contributed by atoms with Crippen molar-refractivity contribution < 1.29 is 0 Å². The van der Waals surface area contributed by atoms with Gasteiger partial charge in [-0.05, 0) is 44.2 Å². The molecule has 2 aromatic rings. The zero-order valence-corrected chi connectivity index (χ0v) is 10.7. The third-order valence-corrected chi connectivity index (χ3v) is 4.10. The first-order valence-electron chi connectivity index (χ1n) is 7.01. The van der Waals surface area contributed by atoms with Crippen LogP contribution in [0, 0.1) is 0 Å². The lowest BCUT2D eigenvalue weighted by Crippen LogP contribution is -2.05. The molecule has 1 nitrogen and oxygen atoms in total. The monoisotopic (exact) mass is 227 g/mol. The van der Waals surface area contributed by atoms with E-state index in [4.69, 9.17) is 0 Å². The van der Waals surface area contributed by atoms with Crippen molar-refractivity contribution in [2.24, 2.45) is 0 Å². The number of nitrogens with zero attached hydrogens (tertiary/aromatic N) is 1. The summed E-state index contributed by atoms with van der Waals surface area (Å²) in [6.45, 7) is 3.38. The fourth-order valence-electron chi connectivity index (χ4n) is 3.30. The Morgan fingerprint density at radius 2 is 1.76 bits per heavy atom. The molecule has 1 aromatic carbocycles. The summed E-state index contributed by atoms with van der Waals surface area (Å²) in [7, 11) is 0. The molecule has 0 N–H and O–H groups in total. The molecule has 1 aromatic heterocycles. The molecule has 0 radical (unpaired) electrons. The summed E-state index contributed by atoms with van der Waals surface area (Å²) in [6.07, 6.45) is 8.10. The Morgan fingerprint density at radius 3 is 2.59 bits per heavy atom. The van der Waals surface area contributed by atoms with Gasteiger partial charge in [0, 0.05) is 23.1 Å². The second kappa shape index (κ2) is 4.56. The standard InChI is InChI=1S/C16H21N/c1-2-17-15-11-6-4-3-5-9-13(15)14-10-7-8-12-16(14)17/h7-8,10,12H,2-6,9,11H2,1H3. The lowest BCUT2D eigenvalue weighted by molar-refractivity contribution is 0.593. The second-order valence-corrected chi connectivity index (χ2v) is 5.10. The Balaban J connectivity index is 2.24. The fraction of sp³-hybridized carbons (Fsp3) is 0.500. The van der Waals surface area contributed by atoms with E-state index in [1.54, 1.807) is 11.3 Å². The van der Waals surface area contributed by atoms with E-state index in [9.17, 15) is 0 Å². The average Bonchev–Trinajstić information content (AvgIpc) is 2.61. The van der Waals surface area contributed by atoms with Gasteiger partial charge in [-0.25, -0.2) is 0 Å². The van der Waals surface area contributed by atoms with E-state index >= 15 is 0 Å². The maximum absolute atomic E-state index is 2.54. The molecular formula is C16H21N. The highest BCUT2D eigenvalue weighted by Crippen LogP contribution is 2.30. The highest BCUT2D eigenvalue weighted by atomic mass is 15.0. The normalized spacial score (nSPS) is 16.5. The van der Waals surface area contributed by atoms with Gasteiger partial charge in [-0.1, -0.05) is 31.0 Å². The van der Waals surface area contributed by atoms with Crippen LogP contribution in [0.25, 0.3) is 10.9 Å². The quantitative estimate of drug-likeness (QED) is 0.683. The Hall–Kier alpha value is -1.24. The first-order chi connectivity index (χ1) is 8.42. The molecule has 0 unspecified atom stereocenters. The minimum absolute atomic E-state index is 1.11. The van der Waals surface area contributed by atoms with Crippen LogP contribution in [0.4, 0.5) is 0 Å². The molecule has 17 heavy (non-hydrogen) atoms. The molecule has 0 aliphatic heterocycles. The minimum atomic E-state index is 1.11. The predicted octanol–water partition coefficient (Wildman–Crippen LogP) is 4.32. The number of fused-ring (bicyclic) bond motifs is 3. The van der Waals surface area contributed by atoms with E-state index in [-0.39, 0.29) is 0 Å². The fourth-order valence-corrected chi connectivity index (χ4v) is 3.30. The van der Waals surface area contributed by atoms with Crippen molar-refractivity contribution in [1.29, 1.82) is 0 Å². The Labute approximate surface area is 103 Å². The van der Waals surface area contributed by atoms with Crippen molar-refractivity contribution in [3.8, 4) is 0 Å². The van der Waals surface area contributed by atoms with Crippen molar-refractivity contribution in [2.75, 3.05) is 0 Å². The number of para-hydroxylation sites is 1. The number of aromatic nitrogens is 1. The molecule has 0 saturated heterocycles. The Bertz CT molecular complexity index is 522. The molecule has 1 aliphatic carbocycles. The molecule has 0 amide bonds. The molecule has 1 aliphatic rings. The highest BCUT2D eigenvalue weighted by molar-refractivity contribution is 5.85. The molecular weight excluding hydrogens is 206 g/mol. The Morgan fingerprint density at radius 1 is 1.00 bits per heavy atom. The number of hydrogen-bond donors (Lipinski definition) is 0. The summed E-state index contributed by atoms with van der Waals surface area (Å²) in [5.41, 5.74) is 4.71. The number of aryl methyl sites for hydroxylation is 2. The molecule has 0 saturated carbocycles. The van der Waals surface area contributed by atoms with Gasteiger partial charge >= 0.3 is 0 Å². The second-order valence-electron chi connectivity index (χ2n) is 5.10. The maximum Gasteiger partial charge on any atom is 0.0485 e. The lowest BCUT2D eigenvalue weighted by atomic mass is 9.97. The largest absolute Gasteiger partial charge is 0.345 e. The smallest absolute Gasteiger partial charge is 0.0485 e. The van der Waals surface area contributed by atoms with Crippen molar-refractivity contribution in [2.45, 2.75) is 52.0 Å². The van der Waals surface area contributed by atoms with E-state index < -0.39 is 0 Å². The first kappa shape index (κ1) is 10.9. The summed E-state index contributed by atoms with van der Waals surface area (Å²) in [5.74, 6) is 0. The summed E-state index contributed by atoms with van der Waals surface area (Å²) in [4.78, 5) is 0. The molecule has 0 fully saturated rings. The van der Waals surface area contributed by atoms with Gasteiger partial charge in [0.05, 0.1) is 0 Å². The van der Waals surface area contributed by atoms with E-state index in [0.29, 0.717) is 0 Å². The maximum atomic E-state index is 2.54. The van der Waals surface area contributed by atoms with Gasteiger partial charge in [-0.15, -0.1) is 0 Å². The van der Waals surface area contributed by atoms with E-state index in [1.165, 1.54) is 49.4 Å². The molecule has 0 spiro atoms. The highest BCUT2D eigenvalue weighted by Gasteiger charge is 2.16. The summed E-state index contributed by atoms with van der Waals surface area (Å²) in [5, 5.41) is 1.51. The van der Waals surface area contributed by atoms with Crippen molar-refractivity contribution >= 4 is 10.9 Å². The van der Waals surface area contributed by atoms with Gasteiger partial charge in [0.2, 0.25) is 0 Å². The number of benzene rings is 1. The van der Waals surface area contributed by atoms with E-state index in [1.807, 2.05) is 0 Å². The third-order valence-electron chi connectivity index (χ3n) is 4.10. The van der Waals surface area contributed by atoms with Crippen LogP contribution in [0.3, 0.4) is 0 Å². The predicted molar refractivity (Wildman–Crippen MR) is 73.5 cm³/mol. The van der Waals surface area contributed by atoms with Crippen molar-refractivity contribution in [3.63, 3.8) is 0 Å². The van der Waals surface area contributed by atoms with Crippen molar-refractivity contribution in [3.05, 3.63) is 35.5 Å². The van der Waals surface area contributed by atoms with Gasteiger partial charge in [0.25, 0.3) is 0 Å². The summed E-state index contributed by atoms with van der Waals surface area (Å²) in [6, 6.07) is 8.94.